The molecule has 0 saturated heterocycles. The molecule has 1 aromatic heterocycles. The smallest absolute Gasteiger partial charge is 0.303 e. The van der Waals surface area contributed by atoms with Crippen LogP contribution in [0.3, 0.4) is 0 Å². The topological polar surface area (TPSA) is 88.4 Å². The number of nitrogens with one attached hydrogen (secondary N) is 1. The van der Waals surface area contributed by atoms with E-state index in [0.717, 1.165) is 55.1 Å². The molecule has 2 aromatic rings. The number of halogens is 1. The lowest BCUT2D eigenvalue weighted by atomic mass is 9.94. The first-order chi connectivity index (χ1) is 14.8. The number of Topliss-reactive ketones (excluding diaryl/α,β-unsaturated/α-hetero) is 1. The summed E-state index contributed by atoms with van der Waals surface area (Å²) in [6.07, 6.45) is 5.70. The summed E-state index contributed by atoms with van der Waals surface area (Å²) in [7, 11) is 1.96. The highest BCUT2D eigenvalue weighted by Crippen LogP contribution is 2.31. The number of hydrogen-bond donors (Lipinski definition) is 2. The van der Waals surface area contributed by atoms with E-state index in [0.29, 0.717) is 17.1 Å². The van der Waals surface area contributed by atoms with Crippen LogP contribution in [0.15, 0.2) is 18.2 Å². The van der Waals surface area contributed by atoms with Crippen LogP contribution in [-0.4, -0.2) is 33.9 Å². The van der Waals surface area contributed by atoms with Gasteiger partial charge in [-0.05, 0) is 56.2 Å². The van der Waals surface area contributed by atoms with Crippen molar-refractivity contribution in [3.8, 4) is 0 Å². The molecule has 1 heterocycles. The number of nitrogens with zero attached hydrogens (tertiary/aromatic N) is 1. The van der Waals surface area contributed by atoms with Gasteiger partial charge in [-0.2, -0.15) is 0 Å². The number of ketones is 1. The Morgan fingerprint density at radius 1 is 1.19 bits per heavy atom. The van der Waals surface area contributed by atoms with Crippen molar-refractivity contribution in [1.82, 2.24) is 9.88 Å². The standard InChI is InChI=1S/C24H31ClN2O4/c1-15(13-22(29)30)12-21(28)23-18-14-17(25)9-10-19(18)27(2)20(23)6-4-3-5-11-26-24(31)16-7-8-16/h9-10,14-16H,3-8,11-13H2,1-2H3,(H,26,31)(H,29,30)/t15-/m0/s1. The van der Waals surface area contributed by atoms with Gasteiger partial charge in [0.05, 0.1) is 0 Å². The molecule has 3 rings (SSSR count). The number of aromatic nitrogens is 1. The minimum atomic E-state index is -0.893. The number of aryl methyl sites for hydroxylation is 1. The molecule has 1 amide bonds. The second-order valence-electron chi connectivity index (χ2n) is 8.75. The molecule has 31 heavy (non-hydrogen) atoms. The predicted molar refractivity (Wildman–Crippen MR) is 122 cm³/mol. The summed E-state index contributed by atoms with van der Waals surface area (Å²) in [5, 5.41) is 13.4. The van der Waals surface area contributed by atoms with Crippen LogP contribution in [0.25, 0.3) is 10.9 Å². The third-order valence-electron chi connectivity index (χ3n) is 5.96. The largest absolute Gasteiger partial charge is 0.481 e. The molecular weight excluding hydrogens is 416 g/mol. The molecule has 1 fully saturated rings. The van der Waals surface area contributed by atoms with Crippen molar-refractivity contribution in [3.05, 3.63) is 34.5 Å². The fourth-order valence-corrected chi connectivity index (χ4v) is 4.33. The lowest BCUT2D eigenvalue weighted by Gasteiger charge is -2.11. The quantitative estimate of drug-likeness (QED) is 0.363. The Morgan fingerprint density at radius 2 is 1.94 bits per heavy atom. The lowest BCUT2D eigenvalue weighted by Crippen LogP contribution is -2.25. The van der Waals surface area contributed by atoms with Crippen molar-refractivity contribution in [2.75, 3.05) is 6.54 Å². The van der Waals surface area contributed by atoms with Gasteiger partial charge in [-0.1, -0.05) is 24.9 Å². The molecule has 2 N–H and O–H groups in total. The lowest BCUT2D eigenvalue weighted by molar-refractivity contribution is -0.137. The first kappa shape index (κ1) is 23.3. The highest BCUT2D eigenvalue weighted by Gasteiger charge is 2.29. The molecule has 6 nitrogen and oxygen atoms in total. The van der Waals surface area contributed by atoms with Gasteiger partial charge in [0, 0.05) is 59.5 Å². The van der Waals surface area contributed by atoms with Gasteiger partial charge in [0.2, 0.25) is 5.91 Å². The molecule has 1 atom stereocenters. The summed E-state index contributed by atoms with van der Waals surface area (Å²) in [6, 6.07) is 5.56. The third kappa shape index (κ3) is 6.10. The van der Waals surface area contributed by atoms with Crippen molar-refractivity contribution in [3.63, 3.8) is 0 Å². The maximum absolute atomic E-state index is 13.2. The monoisotopic (exact) mass is 446 g/mol. The number of hydrogen-bond acceptors (Lipinski definition) is 3. The fraction of sp³-hybridized carbons (Fsp3) is 0.542. The van der Waals surface area contributed by atoms with Crippen molar-refractivity contribution in [2.24, 2.45) is 18.9 Å². The molecule has 0 radical (unpaired) electrons. The summed E-state index contributed by atoms with van der Waals surface area (Å²) in [5.41, 5.74) is 2.58. The minimum Gasteiger partial charge on any atom is -0.481 e. The fourth-order valence-electron chi connectivity index (χ4n) is 4.16. The number of carboxylic acids is 1. The SMILES string of the molecule is C[C@H](CC(=O)O)CC(=O)c1c(CCCCCNC(=O)C2CC2)n(C)c2ccc(Cl)cc12. The van der Waals surface area contributed by atoms with Gasteiger partial charge >= 0.3 is 5.97 Å². The molecule has 1 aromatic carbocycles. The van der Waals surface area contributed by atoms with E-state index in [4.69, 9.17) is 16.7 Å². The van der Waals surface area contributed by atoms with E-state index in [1.807, 2.05) is 25.2 Å². The Morgan fingerprint density at radius 3 is 2.61 bits per heavy atom. The third-order valence-corrected chi connectivity index (χ3v) is 6.19. The second kappa shape index (κ2) is 10.3. The van der Waals surface area contributed by atoms with Gasteiger partial charge in [-0.3, -0.25) is 14.4 Å². The Hall–Kier alpha value is -2.34. The first-order valence-corrected chi connectivity index (χ1v) is 11.4. The second-order valence-corrected chi connectivity index (χ2v) is 9.18. The summed E-state index contributed by atoms with van der Waals surface area (Å²) in [5.74, 6) is -0.750. The summed E-state index contributed by atoms with van der Waals surface area (Å²) >= 11 is 6.21. The number of rotatable bonds is 12. The number of carboxylic acid groups (broad SMARTS) is 1. The van der Waals surface area contributed by atoms with Crippen molar-refractivity contribution >= 4 is 40.2 Å². The molecule has 1 aliphatic rings. The zero-order valence-electron chi connectivity index (χ0n) is 18.2. The van der Waals surface area contributed by atoms with Crippen LogP contribution in [0.4, 0.5) is 0 Å². The zero-order chi connectivity index (χ0) is 22.5. The van der Waals surface area contributed by atoms with Gasteiger partial charge in [0.25, 0.3) is 0 Å². The molecule has 0 spiro atoms. The summed E-state index contributed by atoms with van der Waals surface area (Å²) in [4.78, 5) is 35.9. The zero-order valence-corrected chi connectivity index (χ0v) is 19.0. The minimum absolute atomic E-state index is 0.0286. The Kier molecular flexibility index (Phi) is 7.76. The molecule has 1 saturated carbocycles. The maximum atomic E-state index is 13.2. The number of aliphatic carboxylic acids is 1. The van der Waals surface area contributed by atoms with Gasteiger partial charge < -0.3 is 15.0 Å². The van der Waals surface area contributed by atoms with E-state index < -0.39 is 5.97 Å². The van der Waals surface area contributed by atoms with E-state index in [9.17, 15) is 14.4 Å². The van der Waals surface area contributed by atoms with Gasteiger partial charge in [0.1, 0.15) is 0 Å². The number of fused-ring (bicyclic) bond motifs is 1. The van der Waals surface area contributed by atoms with Gasteiger partial charge in [0.15, 0.2) is 5.78 Å². The molecule has 7 heteroatoms. The first-order valence-electron chi connectivity index (χ1n) is 11.1. The summed E-state index contributed by atoms with van der Waals surface area (Å²) in [6.45, 7) is 2.48. The van der Waals surface area contributed by atoms with Crippen LogP contribution in [0.1, 0.15) is 67.9 Å². The highest BCUT2D eigenvalue weighted by atomic mass is 35.5. The van der Waals surface area contributed by atoms with Crippen molar-refractivity contribution in [2.45, 2.75) is 58.3 Å². The van der Waals surface area contributed by atoms with E-state index in [2.05, 4.69) is 9.88 Å². The van der Waals surface area contributed by atoms with Crippen LogP contribution in [-0.2, 0) is 23.1 Å². The number of carbonyl (C=O) groups is 3. The van der Waals surface area contributed by atoms with E-state index in [-0.39, 0.29) is 36.4 Å². The Labute approximate surface area is 187 Å². The average molecular weight is 447 g/mol. The number of benzene rings is 1. The Bertz CT molecular complexity index is 978. The Balaban J connectivity index is 1.69. The normalized spacial score (nSPS) is 14.5. The molecule has 1 aliphatic carbocycles. The molecule has 0 bridgehead atoms. The summed E-state index contributed by atoms with van der Waals surface area (Å²) < 4.78 is 2.05. The van der Waals surface area contributed by atoms with Gasteiger partial charge in [-0.25, -0.2) is 0 Å². The average Bonchev–Trinajstić information content (AvgIpc) is 3.50. The predicted octanol–water partition coefficient (Wildman–Crippen LogP) is 4.75. The van der Waals surface area contributed by atoms with E-state index >= 15 is 0 Å². The van der Waals surface area contributed by atoms with Gasteiger partial charge in [-0.15, -0.1) is 0 Å². The number of amides is 1. The molecule has 0 aliphatic heterocycles. The van der Waals surface area contributed by atoms with E-state index in [1.165, 1.54) is 0 Å². The van der Waals surface area contributed by atoms with Crippen LogP contribution in [0.2, 0.25) is 5.02 Å². The van der Waals surface area contributed by atoms with Crippen LogP contribution in [0.5, 0.6) is 0 Å². The molecular formula is C24H31ClN2O4. The van der Waals surface area contributed by atoms with Crippen LogP contribution < -0.4 is 5.32 Å². The molecule has 168 valence electrons. The number of carbonyl (C=O) groups excluding carboxylic acids is 2. The number of unbranched alkanes of at least 4 members (excludes halogenated alkanes) is 2. The maximum Gasteiger partial charge on any atom is 0.303 e. The van der Waals surface area contributed by atoms with Crippen molar-refractivity contribution in [1.29, 1.82) is 0 Å². The van der Waals surface area contributed by atoms with Crippen molar-refractivity contribution < 1.29 is 19.5 Å². The van der Waals surface area contributed by atoms with Crippen LogP contribution >= 0.6 is 11.6 Å². The molecule has 0 unspecified atom stereocenters. The highest BCUT2D eigenvalue weighted by molar-refractivity contribution is 6.31. The van der Waals surface area contributed by atoms with E-state index in [1.54, 1.807) is 6.92 Å². The van der Waals surface area contributed by atoms with Crippen LogP contribution in [0, 0.1) is 11.8 Å².